The standard InChI is InChI=1S/C18H24N4O3.ClH/c19-10-15(12-6-2-1-3-7-12)20-16(23)11-22-17(24)13-8-4-5-9-14(13)21-18(22)25;/h4-5,8-9,12,15H,1-3,6-7,10-11,19H2,(H,20,23)(H,21,25);1H. The molecule has 26 heavy (non-hydrogen) atoms. The Morgan fingerprint density at radius 2 is 1.92 bits per heavy atom. The van der Waals surface area contributed by atoms with E-state index >= 15 is 0 Å². The molecule has 1 aromatic heterocycles. The van der Waals surface area contributed by atoms with Crippen LogP contribution in [0.4, 0.5) is 0 Å². The van der Waals surface area contributed by atoms with Crippen molar-refractivity contribution in [3.8, 4) is 0 Å². The van der Waals surface area contributed by atoms with Gasteiger partial charge in [-0.1, -0.05) is 31.4 Å². The lowest BCUT2D eigenvalue weighted by atomic mass is 9.84. The van der Waals surface area contributed by atoms with Crippen molar-refractivity contribution in [1.82, 2.24) is 14.9 Å². The summed E-state index contributed by atoms with van der Waals surface area (Å²) in [5.41, 5.74) is 5.25. The molecule has 0 spiro atoms. The number of carbonyl (C=O) groups is 1. The van der Waals surface area contributed by atoms with Crippen LogP contribution in [0.15, 0.2) is 33.9 Å². The van der Waals surface area contributed by atoms with E-state index in [2.05, 4.69) is 10.3 Å². The molecule has 1 aromatic carbocycles. The highest BCUT2D eigenvalue weighted by Gasteiger charge is 2.24. The highest BCUT2D eigenvalue weighted by Crippen LogP contribution is 2.26. The monoisotopic (exact) mass is 380 g/mol. The molecule has 1 unspecified atom stereocenters. The normalized spacial score (nSPS) is 16.0. The Morgan fingerprint density at radius 1 is 1.23 bits per heavy atom. The maximum absolute atomic E-state index is 12.5. The summed E-state index contributed by atoms with van der Waals surface area (Å²) >= 11 is 0. The van der Waals surface area contributed by atoms with Gasteiger partial charge in [-0.05, 0) is 30.9 Å². The molecule has 4 N–H and O–H groups in total. The van der Waals surface area contributed by atoms with Gasteiger partial charge in [0.25, 0.3) is 5.56 Å². The molecule has 1 saturated carbocycles. The average molecular weight is 381 g/mol. The summed E-state index contributed by atoms with van der Waals surface area (Å²) in [5, 5.41) is 3.30. The predicted octanol–water partition coefficient (Wildman–Crippen LogP) is 1.14. The van der Waals surface area contributed by atoms with Crippen LogP contribution in [0, 0.1) is 5.92 Å². The molecule has 0 bridgehead atoms. The van der Waals surface area contributed by atoms with Crippen molar-refractivity contribution >= 4 is 29.2 Å². The molecule has 0 aliphatic heterocycles. The highest BCUT2D eigenvalue weighted by atomic mass is 35.5. The Kier molecular flexibility index (Phi) is 6.99. The minimum absolute atomic E-state index is 0. The largest absolute Gasteiger partial charge is 0.350 e. The number of fused-ring (bicyclic) bond motifs is 1. The quantitative estimate of drug-likeness (QED) is 0.722. The molecule has 0 radical (unpaired) electrons. The molecule has 1 amide bonds. The lowest BCUT2D eigenvalue weighted by Crippen LogP contribution is -2.49. The summed E-state index contributed by atoms with van der Waals surface area (Å²) in [6.07, 6.45) is 5.64. The zero-order valence-electron chi connectivity index (χ0n) is 14.6. The van der Waals surface area contributed by atoms with E-state index in [9.17, 15) is 14.4 Å². The number of para-hydroxylation sites is 1. The van der Waals surface area contributed by atoms with E-state index in [-0.39, 0.29) is 30.9 Å². The number of nitrogens with one attached hydrogen (secondary N) is 2. The second-order valence-corrected chi connectivity index (χ2v) is 6.67. The summed E-state index contributed by atoms with van der Waals surface area (Å²) in [5.74, 6) is 0.0122. The van der Waals surface area contributed by atoms with Gasteiger partial charge in [0, 0.05) is 12.6 Å². The lowest BCUT2D eigenvalue weighted by molar-refractivity contribution is -0.122. The number of nitrogens with two attached hydrogens (primary N) is 1. The van der Waals surface area contributed by atoms with Crippen molar-refractivity contribution < 1.29 is 4.79 Å². The van der Waals surface area contributed by atoms with E-state index in [1.54, 1.807) is 24.3 Å². The average Bonchev–Trinajstić information content (AvgIpc) is 2.64. The first-order chi connectivity index (χ1) is 12.1. The number of hydrogen-bond acceptors (Lipinski definition) is 4. The first kappa shape index (κ1) is 20.2. The Bertz CT molecular complexity index is 871. The molecule has 3 rings (SSSR count). The summed E-state index contributed by atoms with van der Waals surface area (Å²) < 4.78 is 0.937. The minimum atomic E-state index is -0.583. The molecule has 1 atom stereocenters. The van der Waals surface area contributed by atoms with E-state index in [0.717, 1.165) is 30.3 Å². The number of amides is 1. The zero-order valence-corrected chi connectivity index (χ0v) is 15.4. The van der Waals surface area contributed by atoms with Crippen molar-refractivity contribution in [2.24, 2.45) is 11.7 Å². The number of hydrogen-bond donors (Lipinski definition) is 3. The smallest absolute Gasteiger partial charge is 0.329 e. The van der Waals surface area contributed by atoms with Crippen LogP contribution in [0.5, 0.6) is 0 Å². The van der Waals surface area contributed by atoms with E-state index < -0.39 is 11.2 Å². The number of H-pyrrole nitrogens is 1. The van der Waals surface area contributed by atoms with Crippen molar-refractivity contribution in [2.75, 3.05) is 6.54 Å². The van der Waals surface area contributed by atoms with Crippen molar-refractivity contribution in [2.45, 2.75) is 44.7 Å². The van der Waals surface area contributed by atoms with E-state index in [1.165, 1.54) is 6.42 Å². The molecule has 1 aliphatic rings. The second-order valence-electron chi connectivity index (χ2n) is 6.67. The fourth-order valence-electron chi connectivity index (χ4n) is 3.64. The number of benzene rings is 1. The Morgan fingerprint density at radius 3 is 2.62 bits per heavy atom. The van der Waals surface area contributed by atoms with E-state index in [1.807, 2.05) is 0 Å². The van der Waals surface area contributed by atoms with Crippen LogP contribution in [0.25, 0.3) is 10.9 Å². The number of carbonyl (C=O) groups excluding carboxylic acids is 1. The Balaban J connectivity index is 0.00000243. The molecule has 1 fully saturated rings. The van der Waals surface area contributed by atoms with Crippen LogP contribution >= 0.6 is 12.4 Å². The molecule has 8 heteroatoms. The first-order valence-corrected chi connectivity index (χ1v) is 8.81. The maximum atomic E-state index is 12.5. The zero-order chi connectivity index (χ0) is 17.8. The van der Waals surface area contributed by atoms with Crippen molar-refractivity contribution in [1.29, 1.82) is 0 Å². The fourth-order valence-corrected chi connectivity index (χ4v) is 3.64. The van der Waals surface area contributed by atoms with Gasteiger partial charge in [-0.2, -0.15) is 0 Å². The molecule has 7 nitrogen and oxygen atoms in total. The van der Waals surface area contributed by atoms with E-state index in [4.69, 9.17) is 5.73 Å². The van der Waals surface area contributed by atoms with Crippen LogP contribution < -0.4 is 22.3 Å². The molecule has 1 heterocycles. The summed E-state index contributed by atoms with van der Waals surface area (Å²) in [7, 11) is 0. The highest BCUT2D eigenvalue weighted by molar-refractivity contribution is 5.85. The second kappa shape index (κ2) is 9.00. The van der Waals surface area contributed by atoms with Gasteiger partial charge < -0.3 is 16.0 Å². The predicted molar refractivity (Wildman–Crippen MR) is 104 cm³/mol. The van der Waals surface area contributed by atoms with Crippen LogP contribution in [0.2, 0.25) is 0 Å². The Hall–Kier alpha value is -2.12. The van der Waals surface area contributed by atoms with Crippen molar-refractivity contribution in [3.63, 3.8) is 0 Å². The molecule has 2 aromatic rings. The minimum Gasteiger partial charge on any atom is -0.350 e. The van der Waals surface area contributed by atoms with Crippen molar-refractivity contribution in [3.05, 3.63) is 45.1 Å². The van der Waals surface area contributed by atoms with Gasteiger partial charge in [0.15, 0.2) is 0 Å². The third-order valence-corrected chi connectivity index (χ3v) is 5.01. The number of halogens is 1. The first-order valence-electron chi connectivity index (χ1n) is 8.81. The van der Waals surface area contributed by atoms with Gasteiger partial charge >= 0.3 is 5.69 Å². The molecule has 0 saturated heterocycles. The molecular formula is C18H25ClN4O3. The Labute approximate surface area is 157 Å². The summed E-state index contributed by atoms with van der Waals surface area (Å²) in [6, 6.07) is 6.65. The van der Waals surface area contributed by atoms with Crippen LogP contribution in [0.1, 0.15) is 32.1 Å². The molecule has 142 valence electrons. The fraction of sp³-hybridized carbons (Fsp3) is 0.500. The topological polar surface area (TPSA) is 110 Å². The van der Waals surface area contributed by atoms with Gasteiger partial charge in [-0.15, -0.1) is 12.4 Å². The van der Waals surface area contributed by atoms with Gasteiger partial charge in [-0.25, -0.2) is 4.79 Å². The third-order valence-electron chi connectivity index (χ3n) is 5.01. The van der Waals surface area contributed by atoms with Crippen LogP contribution in [-0.2, 0) is 11.3 Å². The lowest BCUT2D eigenvalue weighted by Gasteiger charge is -2.30. The van der Waals surface area contributed by atoms with Gasteiger partial charge in [0.2, 0.25) is 5.91 Å². The van der Waals surface area contributed by atoms with Crippen LogP contribution in [-0.4, -0.2) is 28.0 Å². The number of aromatic nitrogens is 2. The van der Waals surface area contributed by atoms with Gasteiger partial charge in [0.1, 0.15) is 6.54 Å². The van der Waals surface area contributed by atoms with E-state index in [0.29, 0.717) is 23.4 Å². The number of nitrogens with zero attached hydrogens (tertiary/aromatic N) is 1. The maximum Gasteiger partial charge on any atom is 0.329 e. The molecular weight excluding hydrogens is 356 g/mol. The summed E-state index contributed by atoms with van der Waals surface area (Å²) in [6.45, 7) is 0.0571. The number of rotatable bonds is 5. The SMILES string of the molecule is Cl.NCC(NC(=O)Cn1c(=O)[nH]c2ccccc2c1=O)C1CCCCC1. The van der Waals surface area contributed by atoms with Crippen LogP contribution in [0.3, 0.4) is 0 Å². The third kappa shape index (κ3) is 4.34. The molecule has 1 aliphatic carbocycles. The number of aromatic amines is 1. The van der Waals surface area contributed by atoms with Gasteiger partial charge in [0.05, 0.1) is 10.9 Å². The summed E-state index contributed by atoms with van der Waals surface area (Å²) in [4.78, 5) is 39.7. The van der Waals surface area contributed by atoms with Gasteiger partial charge in [-0.3, -0.25) is 14.2 Å².